The fraction of sp³-hybridized carbons (Fsp3) is 0.385. The summed E-state index contributed by atoms with van der Waals surface area (Å²) in [5.74, 6) is 1.21. The maximum Gasteiger partial charge on any atom is 0.338 e. The molecule has 1 aromatic heterocycles. The molecule has 3 aromatic rings. The van der Waals surface area contributed by atoms with Crippen LogP contribution in [0.2, 0.25) is 0 Å². The highest BCUT2D eigenvalue weighted by atomic mass is 16.5. The Bertz CT molecular complexity index is 1080. The number of carbonyl (C=O) groups excluding carboxylic acids is 1. The number of anilines is 1. The largest absolute Gasteiger partial charge is 0.462 e. The number of carbonyl (C=O) groups is 1. The van der Waals surface area contributed by atoms with Crippen molar-refractivity contribution >= 4 is 11.8 Å². The lowest BCUT2D eigenvalue weighted by Crippen LogP contribution is -2.26. The molecule has 0 unspecified atom stereocenters. The van der Waals surface area contributed by atoms with Crippen LogP contribution in [0.1, 0.15) is 46.7 Å². The molecule has 0 spiro atoms. The highest BCUT2D eigenvalue weighted by molar-refractivity contribution is 5.90. The summed E-state index contributed by atoms with van der Waals surface area (Å²) in [5.41, 5.74) is 5.60. The minimum Gasteiger partial charge on any atom is -0.462 e. The third kappa shape index (κ3) is 5.80. The third-order valence-corrected chi connectivity index (χ3v) is 5.46. The minimum absolute atomic E-state index is 0.334. The summed E-state index contributed by atoms with van der Waals surface area (Å²) in [6.45, 7) is 9.90. The molecule has 0 saturated heterocycles. The number of hydrogen-bond acceptors (Lipinski definition) is 7. The molecule has 0 fully saturated rings. The molecule has 0 saturated carbocycles. The van der Waals surface area contributed by atoms with Gasteiger partial charge in [0.2, 0.25) is 0 Å². The van der Waals surface area contributed by atoms with Crippen LogP contribution in [-0.4, -0.2) is 38.2 Å². The van der Waals surface area contributed by atoms with E-state index in [1.165, 1.54) is 0 Å². The zero-order chi connectivity index (χ0) is 23.8. The monoisotopic (exact) mass is 452 g/mol. The first kappa shape index (κ1) is 24.5. The number of aromatic nitrogens is 1. The Morgan fingerprint density at radius 2 is 1.79 bits per heavy atom. The summed E-state index contributed by atoms with van der Waals surface area (Å²) >= 11 is 0. The number of methoxy groups -OCH3 is 1. The van der Waals surface area contributed by atoms with Crippen LogP contribution in [0.4, 0.5) is 5.82 Å². The molecule has 0 aliphatic rings. The second-order valence-electron chi connectivity index (χ2n) is 7.69. The summed E-state index contributed by atoms with van der Waals surface area (Å²) in [4.78, 5) is 14.3. The lowest BCUT2D eigenvalue weighted by molar-refractivity contribution is 0.0526. The normalized spacial score (nSPS) is 10.9. The van der Waals surface area contributed by atoms with Crippen molar-refractivity contribution in [1.82, 2.24) is 5.16 Å². The van der Waals surface area contributed by atoms with Crippen molar-refractivity contribution in [2.45, 2.75) is 40.8 Å². The minimum atomic E-state index is -0.335. The van der Waals surface area contributed by atoms with Gasteiger partial charge in [-0.3, -0.25) is 0 Å². The van der Waals surface area contributed by atoms with Gasteiger partial charge < -0.3 is 23.6 Å². The van der Waals surface area contributed by atoms with Gasteiger partial charge in [-0.05, 0) is 62.1 Å². The Kier molecular flexibility index (Phi) is 8.63. The number of benzene rings is 2. The molecule has 7 nitrogen and oxygen atoms in total. The number of rotatable bonds is 11. The van der Waals surface area contributed by atoms with E-state index >= 15 is 0 Å². The molecule has 0 aliphatic heterocycles. The number of esters is 1. The Balaban J connectivity index is 2.02. The van der Waals surface area contributed by atoms with E-state index in [2.05, 4.69) is 17.3 Å². The topological polar surface area (TPSA) is 74.0 Å². The molecular formula is C26H32N2O5. The Hall–Kier alpha value is -3.16. The summed E-state index contributed by atoms with van der Waals surface area (Å²) in [6.07, 6.45) is 0. The summed E-state index contributed by atoms with van der Waals surface area (Å²) in [7, 11) is 1.66. The van der Waals surface area contributed by atoms with Gasteiger partial charge in [0.15, 0.2) is 5.82 Å². The van der Waals surface area contributed by atoms with Crippen molar-refractivity contribution in [2.75, 3.05) is 32.0 Å². The van der Waals surface area contributed by atoms with Crippen molar-refractivity contribution in [2.24, 2.45) is 0 Å². The maximum absolute atomic E-state index is 12.3. The molecule has 176 valence electrons. The maximum atomic E-state index is 12.3. The molecule has 0 amide bonds. The third-order valence-electron chi connectivity index (χ3n) is 5.46. The first-order valence-corrected chi connectivity index (χ1v) is 11.1. The van der Waals surface area contributed by atoms with Crippen LogP contribution in [0.3, 0.4) is 0 Å². The van der Waals surface area contributed by atoms with Crippen molar-refractivity contribution in [3.05, 3.63) is 70.5 Å². The van der Waals surface area contributed by atoms with Gasteiger partial charge in [0.1, 0.15) is 12.5 Å². The standard InChI is InChI=1S/C26H32N2O5/c1-6-31-16-22-14-20(26(29)32-7-2)12-13-24(22)23-11-9-8-10-21(23)15-28(17-30-5)25-18(3)19(4)33-27-25/h8-14H,6-7,15-17H2,1-5H3. The van der Waals surface area contributed by atoms with E-state index in [0.29, 0.717) is 38.7 Å². The molecule has 1 heterocycles. The predicted octanol–water partition coefficient (Wildman–Crippen LogP) is 5.28. The lowest BCUT2D eigenvalue weighted by atomic mass is 9.94. The second-order valence-corrected chi connectivity index (χ2v) is 7.69. The summed E-state index contributed by atoms with van der Waals surface area (Å²) in [5, 5.41) is 4.24. The molecular weight excluding hydrogens is 420 g/mol. The van der Waals surface area contributed by atoms with Crippen LogP contribution in [0, 0.1) is 13.8 Å². The fourth-order valence-corrected chi connectivity index (χ4v) is 3.69. The van der Waals surface area contributed by atoms with Gasteiger partial charge in [-0.15, -0.1) is 0 Å². The summed E-state index contributed by atoms with van der Waals surface area (Å²) in [6, 6.07) is 13.8. The van der Waals surface area contributed by atoms with E-state index in [9.17, 15) is 4.79 Å². The number of aryl methyl sites for hydroxylation is 1. The molecule has 7 heteroatoms. The van der Waals surface area contributed by atoms with Crippen LogP contribution in [0.5, 0.6) is 0 Å². The Morgan fingerprint density at radius 1 is 1.03 bits per heavy atom. The van der Waals surface area contributed by atoms with E-state index in [-0.39, 0.29) is 5.97 Å². The average molecular weight is 453 g/mol. The second kappa shape index (κ2) is 11.6. The highest BCUT2D eigenvalue weighted by Gasteiger charge is 2.19. The number of ether oxygens (including phenoxy) is 3. The van der Waals surface area contributed by atoms with E-state index in [1.54, 1.807) is 20.1 Å². The van der Waals surface area contributed by atoms with Gasteiger partial charge in [0.25, 0.3) is 0 Å². The van der Waals surface area contributed by atoms with Crippen LogP contribution in [-0.2, 0) is 27.4 Å². The van der Waals surface area contributed by atoms with Crippen LogP contribution >= 0.6 is 0 Å². The predicted molar refractivity (Wildman–Crippen MR) is 127 cm³/mol. The summed E-state index contributed by atoms with van der Waals surface area (Å²) < 4.78 is 21.7. The van der Waals surface area contributed by atoms with Crippen LogP contribution < -0.4 is 4.90 Å². The lowest BCUT2D eigenvalue weighted by Gasteiger charge is -2.24. The zero-order valence-corrected chi connectivity index (χ0v) is 20.0. The van der Waals surface area contributed by atoms with E-state index in [1.807, 2.05) is 49.9 Å². The van der Waals surface area contributed by atoms with Crippen molar-refractivity contribution in [3.8, 4) is 11.1 Å². The van der Waals surface area contributed by atoms with Crippen LogP contribution in [0.15, 0.2) is 47.0 Å². The highest BCUT2D eigenvalue weighted by Crippen LogP contribution is 2.31. The molecule has 0 N–H and O–H groups in total. The van der Waals surface area contributed by atoms with E-state index in [4.69, 9.17) is 18.7 Å². The molecule has 2 aromatic carbocycles. The van der Waals surface area contributed by atoms with Gasteiger partial charge in [-0.1, -0.05) is 35.5 Å². The Labute approximate surface area is 195 Å². The van der Waals surface area contributed by atoms with Crippen molar-refractivity contribution in [1.29, 1.82) is 0 Å². The zero-order valence-electron chi connectivity index (χ0n) is 20.0. The molecule has 0 bridgehead atoms. The molecule has 0 atom stereocenters. The smallest absolute Gasteiger partial charge is 0.338 e. The number of nitrogens with zero attached hydrogens (tertiary/aromatic N) is 2. The molecule has 0 radical (unpaired) electrons. The molecule has 0 aliphatic carbocycles. The fourth-order valence-electron chi connectivity index (χ4n) is 3.69. The number of hydrogen-bond donors (Lipinski definition) is 0. The van der Waals surface area contributed by atoms with Crippen molar-refractivity contribution < 1.29 is 23.5 Å². The molecule has 3 rings (SSSR count). The van der Waals surface area contributed by atoms with E-state index in [0.717, 1.165) is 39.4 Å². The van der Waals surface area contributed by atoms with Gasteiger partial charge in [-0.25, -0.2) is 4.79 Å². The first-order chi connectivity index (χ1) is 16.0. The van der Waals surface area contributed by atoms with E-state index < -0.39 is 0 Å². The average Bonchev–Trinajstić information content (AvgIpc) is 3.16. The van der Waals surface area contributed by atoms with Crippen LogP contribution in [0.25, 0.3) is 11.1 Å². The van der Waals surface area contributed by atoms with Gasteiger partial charge in [0.05, 0.1) is 18.8 Å². The molecule has 33 heavy (non-hydrogen) atoms. The SMILES string of the molecule is CCOCc1cc(C(=O)OCC)ccc1-c1ccccc1CN(COC)c1noc(C)c1C. The van der Waals surface area contributed by atoms with Gasteiger partial charge in [-0.2, -0.15) is 0 Å². The quantitative estimate of drug-likeness (QED) is 0.289. The van der Waals surface area contributed by atoms with Crippen molar-refractivity contribution in [3.63, 3.8) is 0 Å². The first-order valence-electron chi connectivity index (χ1n) is 11.1. The van der Waals surface area contributed by atoms with Gasteiger partial charge >= 0.3 is 5.97 Å². The van der Waals surface area contributed by atoms with Gasteiger partial charge in [0, 0.05) is 25.8 Å². The Morgan fingerprint density at radius 3 is 2.45 bits per heavy atom.